The minimum Gasteiger partial charge on any atom is -0.462 e. The molecule has 1 aromatic heterocycles. The Hall–Kier alpha value is -3.22. The van der Waals surface area contributed by atoms with Crippen LogP contribution >= 0.6 is 0 Å². The van der Waals surface area contributed by atoms with Crippen molar-refractivity contribution < 1.29 is 28.6 Å². The number of hydrogen-bond acceptors (Lipinski definition) is 7. The Morgan fingerprint density at radius 2 is 1.54 bits per heavy atom. The summed E-state index contributed by atoms with van der Waals surface area (Å²) in [5, 5.41) is 0. The monoisotopic (exact) mass is 357 g/mol. The summed E-state index contributed by atoms with van der Waals surface area (Å²) in [6.07, 6.45) is -0.294. The van der Waals surface area contributed by atoms with Crippen LogP contribution in [0.4, 0.5) is 0 Å². The largest absolute Gasteiger partial charge is 0.462 e. The summed E-state index contributed by atoms with van der Waals surface area (Å²) in [6, 6.07) is 10.3. The molecular formula is C19H19NO6. The number of carbonyl (C=O) groups is 3. The van der Waals surface area contributed by atoms with Gasteiger partial charge in [0.2, 0.25) is 0 Å². The average Bonchev–Trinajstić information content (AvgIpc) is 2.62. The summed E-state index contributed by atoms with van der Waals surface area (Å²) in [5.41, 5.74) is 0.340. The molecule has 0 aliphatic rings. The van der Waals surface area contributed by atoms with Crippen molar-refractivity contribution in [2.24, 2.45) is 0 Å². The van der Waals surface area contributed by atoms with Crippen LogP contribution in [0, 0.1) is 0 Å². The molecule has 2 aromatic rings. The molecule has 1 aromatic carbocycles. The SMILES string of the molecule is CCOC(=O)c1ccc(OC(=O)c2cccc(C(=O)OC(C)C)n2)cc1. The lowest BCUT2D eigenvalue weighted by molar-refractivity contribution is 0.0370. The second kappa shape index (κ2) is 8.75. The highest BCUT2D eigenvalue weighted by molar-refractivity contribution is 5.93. The Kier molecular flexibility index (Phi) is 6.43. The highest BCUT2D eigenvalue weighted by Crippen LogP contribution is 2.15. The van der Waals surface area contributed by atoms with Crippen molar-refractivity contribution in [3.8, 4) is 5.75 Å². The van der Waals surface area contributed by atoms with Gasteiger partial charge in [-0.1, -0.05) is 6.07 Å². The molecule has 0 aliphatic carbocycles. The summed E-state index contributed by atoms with van der Waals surface area (Å²) in [4.78, 5) is 39.6. The molecule has 136 valence electrons. The van der Waals surface area contributed by atoms with E-state index in [1.54, 1.807) is 20.8 Å². The van der Waals surface area contributed by atoms with Crippen molar-refractivity contribution in [1.82, 2.24) is 4.98 Å². The number of nitrogens with zero attached hydrogens (tertiary/aromatic N) is 1. The Morgan fingerprint density at radius 3 is 2.12 bits per heavy atom. The van der Waals surface area contributed by atoms with E-state index in [-0.39, 0.29) is 29.8 Å². The lowest BCUT2D eigenvalue weighted by atomic mass is 10.2. The topological polar surface area (TPSA) is 91.8 Å². The van der Waals surface area contributed by atoms with Crippen LogP contribution in [0.1, 0.15) is 52.1 Å². The minimum atomic E-state index is -0.729. The first-order chi connectivity index (χ1) is 12.4. The van der Waals surface area contributed by atoms with E-state index in [0.717, 1.165) is 0 Å². The van der Waals surface area contributed by atoms with E-state index in [0.29, 0.717) is 5.56 Å². The van der Waals surface area contributed by atoms with Crippen molar-refractivity contribution in [3.63, 3.8) is 0 Å². The molecule has 0 N–H and O–H groups in total. The summed E-state index contributed by atoms with van der Waals surface area (Å²) in [7, 11) is 0. The summed E-state index contributed by atoms with van der Waals surface area (Å²) >= 11 is 0. The third-order valence-corrected chi connectivity index (χ3v) is 3.09. The fourth-order valence-corrected chi connectivity index (χ4v) is 1.97. The van der Waals surface area contributed by atoms with E-state index in [2.05, 4.69) is 4.98 Å². The van der Waals surface area contributed by atoms with Crippen LogP contribution in [0.25, 0.3) is 0 Å². The molecule has 0 fully saturated rings. The van der Waals surface area contributed by atoms with Crippen LogP contribution < -0.4 is 4.74 Å². The quantitative estimate of drug-likeness (QED) is 0.579. The van der Waals surface area contributed by atoms with Crippen LogP contribution in [-0.2, 0) is 9.47 Å². The van der Waals surface area contributed by atoms with Gasteiger partial charge >= 0.3 is 17.9 Å². The first-order valence-corrected chi connectivity index (χ1v) is 8.08. The van der Waals surface area contributed by atoms with E-state index in [1.807, 2.05) is 0 Å². The van der Waals surface area contributed by atoms with E-state index < -0.39 is 17.9 Å². The molecule has 2 rings (SSSR count). The second-order valence-electron chi connectivity index (χ2n) is 5.50. The Labute approximate surface area is 150 Å². The maximum absolute atomic E-state index is 12.2. The molecule has 26 heavy (non-hydrogen) atoms. The maximum atomic E-state index is 12.2. The van der Waals surface area contributed by atoms with Gasteiger partial charge in [-0.05, 0) is 57.2 Å². The van der Waals surface area contributed by atoms with Gasteiger partial charge in [0.05, 0.1) is 18.3 Å². The van der Waals surface area contributed by atoms with Gasteiger partial charge in [-0.3, -0.25) is 0 Å². The normalized spacial score (nSPS) is 10.3. The molecule has 0 bridgehead atoms. The van der Waals surface area contributed by atoms with Crippen LogP contribution in [-0.4, -0.2) is 35.6 Å². The summed E-state index contributed by atoms with van der Waals surface area (Å²) in [6.45, 7) is 5.43. The van der Waals surface area contributed by atoms with E-state index >= 15 is 0 Å². The lowest BCUT2D eigenvalue weighted by Crippen LogP contribution is -2.16. The molecule has 1 heterocycles. The molecule has 0 unspecified atom stereocenters. The van der Waals surface area contributed by atoms with Gasteiger partial charge in [0, 0.05) is 0 Å². The Bertz CT molecular complexity index is 798. The number of aromatic nitrogens is 1. The summed E-state index contributed by atoms with van der Waals surface area (Å²) < 4.78 is 15.1. The number of benzene rings is 1. The van der Waals surface area contributed by atoms with Crippen molar-refractivity contribution in [3.05, 3.63) is 59.4 Å². The predicted molar refractivity (Wildman–Crippen MR) is 92.1 cm³/mol. The molecular weight excluding hydrogens is 338 g/mol. The molecule has 0 radical (unpaired) electrons. The van der Waals surface area contributed by atoms with Gasteiger partial charge in [-0.25, -0.2) is 19.4 Å². The van der Waals surface area contributed by atoms with E-state index in [1.165, 1.54) is 42.5 Å². The molecule has 0 amide bonds. The Morgan fingerprint density at radius 1 is 0.923 bits per heavy atom. The van der Waals surface area contributed by atoms with Crippen molar-refractivity contribution in [1.29, 1.82) is 0 Å². The van der Waals surface area contributed by atoms with E-state index in [4.69, 9.17) is 14.2 Å². The van der Waals surface area contributed by atoms with Crippen molar-refractivity contribution in [2.45, 2.75) is 26.9 Å². The number of rotatable bonds is 6. The first kappa shape index (κ1) is 19.1. The van der Waals surface area contributed by atoms with E-state index in [9.17, 15) is 14.4 Å². The Balaban J connectivity index is 2.08. The van der Waals surface area contributed by atoms with Gasteiger partial charge in [0.1, 0.15) is 17.1 Å². The van der Waals surface area contributed by atoms with Gasteiger partial charge in [0.15, 0.2) is 0 Å². The average molecular weight is 357 g/mol. The van der Waals surface area contributed by atoms with Gasteiger partial charge < -0.3 is 14.2 Å². The van der Waals surface area contributed by atoms with Crippen molar-refractivity contribution in [2.75, 3.05) is 6.61 Å². The van der Waals surface area contributed by atoms with Gasteiger partial charge in [-0.15, -0.1) is 0 Å². The fourth-order valence-electron chi connectivity index (χ4n) is 1.97. The van der Waals surface area contributed by atoms with Gasteiger partial charge in [-0.2, -0.15) is 0 Å². The highest BCUT2D eigenvalue weighted by Gasteiger charge is 2.16. The number of esters is 3. The maximum Gasteiger partial charge on any atom is 0.362 e. The first-order valence-electron chi connectivity index (χ1n) is 8.08. The fraction of sp³-hybridized carbons (Fsp3) is 0.263. The number of hydrogen-bond donors (Lipinski definition) is 0. The molecule has 0 atom stereocenters. The smallest absolute Gasteiger partial charge is 0.362 e. The third kappa shape index (κ3) is 5.14. The van der Waals surface area contributed by atoms with Gasteiger partial charge in [0.25, 0.3) is 0 Å². The zero-order chi connectivity index (χ0) is 19.1. The molecule has 7 nitrogen and oxygen atoms in total. The standard InChI is InChI=1S/C19H19NO6/c1-4-24-17(21)13-8-10-14(11-9-13)26-19(23)16-7-5-6-15(20-16)18(22)25-12(2)3/h5-12H,4H2,1-3H3. The number of carbonyl (C=O) groups excluding carboxylic acids is 3. The lowest BCUT2D eigenvalue weighted by Gasteiger charge is -2.08. The van der Waals surface area contributed by atoms with Crippen LogP contribution in [0.2, 0.25) is 0 Å². The summed E-state index contributed by atoms with van der Waals surface area (Å²) in [5.74, 6) is -1.56. The highest BCUT2D eigenvalue weighted by atomic mass is 16.5. The van der Waals surface area contributed by atoms with Crippen LogP contribution in [0.15, 0.2) is 42.5 Å². The van der Waals surface area contributed by atoms with Crippen LogP contribution in [0.3, 0.4) is 0 Å². The molecule has 0 aliphatic heterocycles. The second-order valence-corrected chi connectivity index (χ2v) is 5.50. The number of ether oxygens (including phenoxy) is 3. The molecule has 7 heteroatoms. The van der Waals surface area contributed by atoms with Crippen molar-refractivity contribution >= 4 is 17.9 Å². The minimum absolute atomic E-state index is 0.0193. The third-order valence-electron chi connectivity index (χ3n) is 3.09. The molecule has 0 spiro atoms. The predicted octanol–water partition coefficient (Wildman–Crippen LogP) is 3.04. The molecule has 0 saturated heterocycles. The van der Waals surface area contributed by atoms with Crippen LogP contribution in [0.5, 0.6) is 5.75 Å². The zero-order valence-electron chi connectivity index (χ0n) is 14.7. The number of pyridine rings is 1. The molecule has 0 saturated carbocycles. The zero-order valence-corrected chi connectivity index (χ0v) is 14.7.